The Bertz CT molecular complexity index is 2420. The molecule has 358 valence electrons. The number of likely N-dealkylation sites (tertiary alicyclic amines) is 1. The number of imide groups is 2. The number of benzene rings is 2. The Hall–Kier alpha value is -5.38. The number of piperidine rings is 2. The van der Waals surface area contributed by atoms with Crippen LogP contribution < -0.4 is 21.1 Å². The van der Waals surface area contributed by atoms with Gasteiger partial charge >= 0.3 is 0 Å². The topological polar surface area (TPSA) is 182 Å². The molecule has 2 aromatic carbocycles. The lowest BCUT2D eigenvalue weighted by Crippen LogP contribution is -2.54. The van der Waals surface area contributed by atoms with Crippen molar-refractivity contribution >= 4 is 64.2 Å². The largest absolute Gasteiger partial charge is 0.482 e. The summed E-state index contributed by atoms with van der Waals surface area (Å²) < 4.78 is 22.3. The van der Waals surface area contributed by atoms with Gasteiger partial charge in [-0.05, 0) is 75.9 Å². The van der Waals surface area contributed by atoms with Crippen molar-refractivity contribution in [2.75, 3.05) is 30.7 Å². The number of ether oxygens (including phenoxy) is 1. The summed E-state index contributed by atoms with van der Waals surface area (Å²) in [6, 6.07) is 8.47. The van der Waals surface area contributed by atoms with Crippen molar-refractivity contribution in [2.24, 2.45) is 0 Å². The minimum Gasteiger partial charge on any atom is -0.482 e. The second-order valence-corrected chi connectivity index (χ2v) is 18.8. The van der Waals surface area contributed by atoms with Crippen LogP contribution in [0.2, 0.25) is 10.0 Å². The quantitative estimate of drug-likeness (QED) is 0.0368. The van der Waals surface area contributed by atoms with Crippen LogP contribution in [0.3, 0.4) is 0 Å². The van der Waals surface area contributed by atoms with E-state index in [9.17, 15) is 28.4 Å². The molecule has 17 heteroatoms. The van der Waals surface area contributed by atoms with E-state index in [4.69, 9.17) is 38.8 Å². The van der Waals surface area contributed by atoms with E-state index in [0.717, 1.165) is 74.2 Å². The Morgan fingerprint density at radius 2 is 1.55 bits per heavy atom. The third kappa shape index (κ3) is 12.6. The third-order valence-corrected chi connectivity index (χ3v) is 13.9. The zero-order chi connectivity index (χ0) is 47.5. The summed E-state index contributed by atoms with van der Waals surface area (Å²) in [6.45, 7) is 4.98. The number of pyridine rings is 1. The lowest BCUT2D eigenvalue weighted by molar-refractivity contribution is -0.136. The first-order chi connectivity index (χ1) is 32.4. The highest BCUT2D eigenvalue weighted by atomic mass is 35.5. The van der Waals surface area contributed by atoms with Crippen molar-refractivity contribution in [3.8, 4) is 16.9 Å². The van der Waals surface area contributed by atoms with Gasteiger partial charge < -0.3 is 20.7 Å². The van der Waals surface area contributed by atoms with Gasteiger partial charge in [0.25, 0.3) is 11.8 Å². The Labute approximate surface area is 401 Å². The number of aromatic nitrogens is 3. The maximum atomic E-state index is 14.2. The minimum atomic E-state index is -1.05. The molecule has 3 aliphatic heterocycles. The first-order valence-corrected chi connectivity index (χ1v) is 24.6. The van der Waals surface area contributed by atoms with E-state index in [-0.39, 0.29) is 46.4 Å². The number of halogens is 3. The Balaban J connectivity index is 0.692. The summed E-state index contributed by atoms with van der Waals surface area (Å²) in [6.07, 6.45) is 22.6. The first kappa shape index (κ1) is 49.5. The molecule has 4 N–H and O–H groups in total. The van der Waals surface area contributed by atoms with E-state index >= 15 is 0 Å². The number of nitrogen functional groups attached to an aromatic ring is 1. The van der Waals surface area contributed by atoms with Gasteiger partial charge in [-0.3, -0.25) is 38.9 Å². The number of hydrogen-bond donors (Lipinski definition) is 3. The van der Waals surface area contributed by atoms with Crippen LogP contribution in [0.1, 0.15) is 161 Å². The van der Waals surface area contributed by atoms with Gasteiger partial charge in [-0.2, -0.15) is 5.10 Å². The van der Waals surface area contributed by atoms with Crippen LogP contribution in [-0.2, 0) is 14.4 Å². The highest BCUT2D eigenvalue weighted by molar-refractivity contribution is 6.36. The van der Waals surface area contributed by atoms with Crippen LogP contribution in [0.5, 0.6) is 5.75 Å². The monoisotopic (exact) mass is 958 g/mol. The Morgan fingerprint density at radius 3 is 2.24 bits per heavy atom. The van der Waals surface area contributed by atoms with Crippen LogP contribution in [0.15, 0.2) is 55.0 Å². The average Bonchev–Trinajstić information content (AvgIpc) is 3.90. The van der Waals surface area contributed by atoms with Crippen molar-refractivity contribution in [1.82, 2.24) is 29.9 Å². The van der Waals surface area contributed by atoms with Gasteiger partial charge in [0, 0.05) is 60.0 Å². The number of nitrogens with zero attached hydrogens (tertiary/aromatic N) is 5. The summed E-state index contributed by atoms with van der Waals surface area (Å²) in [5.41, 5.74) is 8.71. The molecule has 5 amide bonds. The second kappa shape index (κ2) is 23.6. The molecule has 7 rings (SSSR count). The number of hydrogen-bond acceptors (Lipinski definition) is 10. The standard InChI is InChI=1S/C50H61Cl2FN8O6/c1-32(44-37(51)19-20-38(53)46(44)52)67-41-28-33(29-55-47(41)54)34-30-56-60(31-34)35-23-26-59(27-24-35)25-14-12-10-8-6-4-2-3-5-7-9-11-13-18-42(62)57-39-17-15-16-36-45(39)50(66)61(49(36)65)40-21-22-43(63)58-48(40)64/h15-17,19-20,28-32,35,40H,2-14,18,21-27H2,1H3,(H2,54,55)(H,57,62)(H,58,63,64)/t32-,40?/m1/s1. The maximum Gasteiger partial charge on any atom is 0.264 e. The number of rotatable bonds is 23. The van der Waals surface area contributed by atoms with Gasteiger partial charge in [0.05, 0.1) is 34.1 Å². The molecule has 2 fully saturated rings. The van der Waals surface area contributed by atoms with Crippen molar-refractivity contribution < 1.29 is 33.1 Å². The molecule has 0 bridgehead atoms. The van der Waals surface area contributed by atoms with Crippen LogP contribution in [0.4, 0.5) is 15.9 Å². The molecule has 1 unspecified atom stereocenters. The van der Waals surface area contributed by atoms with Crippen molar-refractivity contribution in [3.63, 3.8) is 0 Å². The highest BCUT2D eigenvalue weighted by Gasteiger charge is 2.45. The van der Waals surface area contributed by atoms with Gasteiger partial charge in [0.1, 0.15) is 18.0 Å². The second-order valence-electron chi connectivity index (χ2n) is 18.0. The molecular formula is C50H61Cl2FN8O6. The van der Waals surface area contributed by atoms with E-state index in [1.54, 1.807) is 25.3 Å². The predicted molar refractivity (Wildman–Crippen MR) is 256 cm³/mol. The summed E-state index contributed by atoms with van der Waals surface area (Å²) in [4.78, 5) is 70.9. The van der Waals surface area contributed by atoms with Crippen molar-refractivity contribution in [2.45, 2.75) is 141 Å². The number of unbranched alkanes of at least 4 members (excludes halogenated alkanes) is 12. The molecule has 67 heavy (non-hydrogen) atoms. The number of amides is 5. The number of fused-ring (bicyclic) bond motifs is 1. The molecule has 3 aliphatic rings. The van der Waals surface area contributed by atoms with E-state index in [1.165, 1.54) is 76.0 Å². The van der Waals surface area contributed by atoms with Crippen molar-refractivity contribution in [1.29, 1.82) is 0 Å². The maximum absolute atomic E-state index is 14.2. The summed E-state index contributed by atoms with van der Waals surface area (Å²) >= 11 is 12.5. The predicted octanol–water partition coefficient (Wildman–Crippen LogP) is 10.3. The number of nitrogens with one attached hydrogen (secondary N) is 2. The summed E-state index contributed by atoms with van der Waals surface area (Å²) in [5, 5.41) is 9.92. The molecule has 0 saturated carbocycles. The zero-order valence-electron chi connectivity index (χ0n) is 38.2. The molecule has 2 atom stereocenters. The minimum absolute atomic E-state index is 0.0437. The molecule has 2 saturated heterocycles. The van der Waals surface area contributed by atoms with Gasteiger partial charge in [0.2, 0.25) is 17.7 Å². The number of anilines is 2. The first-order valence-electron chi connectivity index (χ1n) is 23.9. The fraction of sp³-hybridized carbons (Fsp3) is 0.500. The lowest BCUT2D eigenvalue weighted by Gasteiger charge is -2.32. The van der Waals surface area contributed by atoms with Gasteiger partial charge in [-0.15, -0.1) is 0 Å². The fourth-order valence-electron chi connectivity index (χ4n) is 9.36. The zero-order valence-corrected chi connectivity index (χ0v) is 39.7. The van der Waals surface area contributed by atoms with Crippen LogP contribution >= 0.6 is 23.2 Å². The van der Waals surface area contributed by atoms with E-state index in [1.807, 2.05) is 18.5 Å². The molecular weight excluding hydrogens is 899 g/mol. The average molecular weight is 960 g/mol. The smallest absolute Gasteiger partial charge is 0.264 e. The van der Waals surface area contributed by atoms with Crippen LogP contribution in [-0.4, -0.2) is 79.8 Å². The van der Waals surface area contributed by atoms with Crippen LogP contribution in [0.25, 0.3) is 11.1 Å². The van der Waals surface area contributed by atoms with E-state index in [2.05, 4.69) is 25.2 Å². The normalized spacial score (nSPS) is 17.2. The third-order valence-electron chi connectivity index (χ3n) is 13.2. The molecule has 0 radical (unpaired) electrons. The van der Waals surface area contributed by atoms with Crippen LogP contribution in [0, 0.1) is 5.82 Å². The van der Waals surface area contributed by atoms with E-state index < -0.39 is 41.6 Å². The molecule has 5 heterocycles. The lowest BCUT2D eigenvalue weighted by atomic mass is 10.0. The summed E-state index contributed by atoms with van der Waals surface area (Å²) in [5.74, 6) is -2.57. The van der Waals surface area contributed by atoms with Gasteiger partial charge in [-0.1, -0.05) is 99.9 Å². The van der Waals surface area contributed by atoms with Gasteiger partial charge in [-0.25, -0.2) is 9.37 Å². The number of carbonyl (C=O) groups is 5. The van der Waals surface area contributed by atoms with E-state index in [0.29, 0.717) is 28.8 Å². The fourth-order valence-corrected chi connectivity index (χ4v) is 10.0. The number of nitrogens with two attached hydrogens (primary N) is 1. The molecule has 0 spiro atoms. The SMILES string of the molecule is C[C@@H](Oc1cc(-c2cnn(C3CCN(CCCCCCCCCCCCCCCC(=O)Nc4cccc5c4C(=O)N(C4CCC(=O)NC4=O)C5=O)CC3)c2)cnc1N)c1c(Cl)ccc(F)c1Cl. The molecule has 0 aliphatic carbocycles. The molecule has 4 aromatic rings. The Morgan fingerprint density at radius 1 is 0.881 bits per heavy atom. The molecule has 2 aromatic heterocycles. The van der Waals surface area contributed by atoms with Gasteiger partial charge in [0.15, 0.2) is 11.6 Å². The highest BCUT2D eigenvalue weighted by Crippen LogP contribution is 2.38. The number of carbonyl (C=O) groups excluding carboxylic acids is 5. The Kier molecular flexibility index (Phi) is 17.4. The summed E-state index contributed by atoms with van der Waals surface area (Å²) in [7, 11) is 0. The molecule has 14 nitrogen and oxygen atoms in total. The van der Waals surface area contributed by atoms with Crippen molar-refractivity contribution in [3.05, 3.63) is 87.5 Å².